The van der Waals surface area contributed by atoms with E-state index >= 15 is 0 Å². The highest BCUT2D eigenvalue weighted by Crippen LogP contribution is 2.41. The lowest BCUT2D eigenvalue weighted by molar-refractivity contribution is -0.115. The van der Waals surface area contributed by atoms with Gasteiger partial charge in [-0.1, -0.05) is 18.2 Å². The quantitative estimate of drug-likeness (QED) is 0.789. The van der Waals surface area contributed by atoms with Crippen LogP contribution in [0.5, 0.6) is 5.75 Å². The Kier molecular flexibility index (Phi) is 4.68. The summed E-state index contributed by atoms with van der Waals surface area (Å²) >= 11 is 7.25. The van der Waals surface area contributed by atoms with E-state index in [4.69, 9.17) is 16.3 Å². The molecule has 106 valence electrons. The molecule has 3 nitrogen and oxygen atoms in total. The van der Waals surface area contributed by atoms with E-state index in [2.05, 4.69) is 0 Å². The fourth-order valence-electron chi connectivity index (χ4n) is 2.17. The highest BCUT2D eigenvalue weighted by Gasteiger charge is 2.24. The predicted octanol–water partition coefficient (Wildman–Crippen LogP) is 4.28. The summed E-state index contributed by atoms with van der Waals surface area (Å²) in [6.45, 7) is 3.97. The zero-order valence-corrected chi connectivity index (χ0v) is 13.2. The van der Waals surface area contributed by atoms with Crippen molar-refractivity contribution in [2.24, 2.45) is 0 Å². The zero-order valence-electron chi connectivity index (χ0n) is 11.6. The third-order valence-corrected chi connectivity index (χ3v) is 4.17. The van der Waals surface area contributed by atoms with Crippen molar-refractivity contribution in [2.75, 3.05) is 17.9 Å². The summed E-state index contributed by atoms with van der Waals surface area (Å²) in [4.78, 5) is 14.0. The molecule has 0 aliphatic heterocycles. The van der Waals surface area contributed by atoms with Crippen LogP contribution in [0.4, 0.5) is 10.7 Å². The Morgan fingerprint density at radius 3 is 2.50 bits per heavy atom. The van der Waals surface area contributed by atoms with Crippen molar-refractivity contribution in [1.29, 1.82) is 0 Å². The van der Waals surface area contributed by atoms with Crippen molar-refractivity contribution in [3.8, 4) is 5.75 Å². The standard InChI is InChI=1S/C15H16ClNO2S/c1-10-5-4-6-11(2)14(10)17(13(18)9-16)15-12(19-3)7-8-20-15/h4-8H,9H2,1-3H3. The number of anilines is 2. The van der Waals surface area contributed by atoms with Gasteiger partial charge in [-0.15, -0.1) is 22.9 Å². The number of thiophene rings is 1. The Bertz CT molecular complexity index is 604. The number of para-hydroxylation sites is 1. The first-order valence-corrected chi connectivity index (χ1v) is 7.58. The molecule has 1 amide bonds. The van der Waals surface area contributed by atoms with E-state index in [0.29, 0.717) is 5.75 Å². The Labute approximate surface area is 127 Å². The second-order valence-electron chi connectivity index (χ2n) is 4.40. The number of alkyl halides is 1. The van der Waals surface area contributed by atoms with Gasteiger partial charge in [0.15, 0.2) is 5.75 Å². The SMILES string of the molecule is COc1ccsc1N(C(=O)CCl)c1c(C)cccc1C. The minimum Gasteiger partial charge on any atom is -0.494 e. The number of aryl methyl sites for hydroxylation is 2. The Hall–Kier alpha value is -1.52. The van der Waals surface area contributed by atoms with Crippen molar-refractivity contribution in [3.05, 3.63) is 40.8 Å². The van der Waals surface area contributed by atoms with Crippen molar-refractivity contribution >= 4 is 39.5 Å². The van der Waals surface area contributed by atoms with Gasteiger partial charge < -0.3 is 4.74 Å². The number of rotatable bonds is 4. The summed E-state index contributed by atoms with van der Waals surface area (Å²) in [6, 6.07) is 7.79. The van der Waals surface area contributed by atoms with Crippen LogP contribution < -0.4 is 9.64 Å². The van der Waals surface area contributed by atoms with E-state index < -0.39 is 0 Å². The summed E-state index contributed by atoms with van der Waals surface area (Å²) in [5, 5.41) is 2.66. The lowest BCUT2D eigenvalue weighted by atomic mass is 10.1. The third kappa shape index (κ3) is 2.67. The van der Waals surface area contributed by atoms with Crippen LogP contribution in [0.25, 0.3) is 0 Å². The molecular formula is C15H16ClNO2S. The molecule has 0 aliphatic carbocycles. The van der Waals surface area contributed by atoms with Gasteiger partial charge in [0.2, 0.25) is 5.91 Å². The van der Waals surface area contributed by atoms with Gasteiger partial charge in [0, 0.05) is 0 Å². The largest absolute Gasteiger partial charge is 0.494 e. The van der Waals surface area contributed by atoms with Crippen molar-refractivity contribution in [1.82, 2.24) is 0 Å². The molecule has 0 N–H and O–H groups in total. The van der Waals surface area contributed by atoms with Crippen LogP contribution in [0.15, 0.2) is 29.6 Å². The molecule has 0 bridgehead atoms. The number of benzene rings is 1. The number of hydrogen-bond donors (Lipinski definition) is 0. The van der Waals surface area contributed by atoms with Crippen LogP contribution in [0.3, 0.4) is 0 Å². The molecule has 0 saturated carbocycles. The molecular weight excluding hydrogens is 294 g/mol. The normalized spacial score (nSPS) is 10.4. The van der Waals surface area contributed by atoms with E-state index in [1.807, 2.05) is 43.5 Å². The van der Waals surface area contributed by atoms with Crippen LogP contribution in [0, 0.1) is 13.8 Å². The van der Waals surface area contributed by atoms with Crippen molar-refractivity contribution in [2.45, 2.75) is 13.8 Å². The maximum absolute atomic E-state index is 12.3. The minimum atomic E-state index is -0.162. The first-order valence-electron chi connectivity index (χ1n) is 6.16. The number of amides is 1. The van der Waals surface area contributed by atoms with Crippen molar-refractivity contribution < 1.29 is 9.53 Å². The van der Waals surface area contributed by atoms with Crippen LogP contribution in [0.1, 0.15) is 11.1 Å². The van der Waals surface area contributed by atoms with E-state index in [1.165, 1.54) is 11.3 Å². The Morgan fingerprint density at radius 1 is 1.30 bits per heavy atom. The molecule has 1 aromatic carbocycles. The topological polar surface area (TPSA) is 29.5 Å². The average molecular weight is 310 g/mol. The van der Waals surface area contributed by atoms with Gasteiger partial charge in [0.05, 0.1) is 12.8 Å². The molecule has 0 atom stereocenters. The minimum absolute atomic E-state index is 0.0746. The number of ether oxygens (including phenoxy) is 1. The number of hydrogen-bond acceptors (Lipinski definition) is 3. The van der Waals surface area contributed by atoms with Crippen molar-refractivity contribution in [3.63, 3.8) is 0 Å². The number of nitrogens with zero attached hydrogens (tertiary/aromatic N) is 1. The molecule has 1 aromatic heterocycles. The van der Waals surface area contributed by atoms with Gasteiger partial charge in [-0.3, -0.25) is 9.69 Å². The zero-order chi connectivity index (χ0) is 14.7. The third-order valence-electron chi connectivity index (χ3n) is 3.06. The van der Waals surface area contributed by atoms with Gasteiger partial charge in [-0.2, -0.15) is 0 Å². The van der Waals surface area contributed by atoms with Gasteiger partial charge in [-0.25, -0.2) is 0 Å². The summed E-state index contributed by atoms with van der Waals surface area (Å²) < 4.78 is 5.34. The molecule has 5 heteroatoms. The fourth-order valence-corrected chi connectivity index (χ4v) is 3.17. The molecule has 0 unspecified atom stereocenters. The van der Waals surface area contributed by atoms with Crippen LogP contribution >= 0.6 is 22.9 Å². The maximum atomic E-state index is 12.3. The molecule has 20 heavy (non-hydrogen) atoms. The number of carbonyl (C=O) groups excluding carboxylic acids is 1. The molecule has 2 rings (SSSR count). The highest BCUT2D eigenvalue weighted by atomic mass is 35.5. The number of carbonyl (C=O) groups is 1. The Morgan fingerprint density at radius 2 is 1.95 bits per heavy atom. The highest BCUT2D eigenvalue weighted by molar-refractivity contribution is 7.15. The molecule has 0 fully saturated rings. The first-order chi connectivity index (χ1) is 9.60. The first kappa shape index (κ1) is 14.9. The van der Waals surface area contributed by atoms with E-state index in [-0.39, 0.29) is 11.8 Å². The summed E-state index contributed by atoms with van der Waals surface area (Å²) in [6.07, 6.45) is 0. The molecule has 2 aromatic rings. The smallest absolute Gasteiger partial charge is 0.247 e. The number of methoxy groups -OCH3 is 1. The average Bonchev–Trinajstić information content (AvgIpc) is 2.90. The molecule has 0 aliphatic rings. The summed E-state index contributed by atoms with van der Waals surface area (Å²) in [5.41, 5.74) is 2.93. The van der Waals surface area contributed by atoms with Gasteiger partial charge in [0.1, 0.15) is 10.9 Å². The predicted molar refractivity (Wildman–Crippen MR) is 84.7 cm³/mol. The van der Waals surface area contributed by atoms with E-state index in [1.54, 1.807) is 12.0 Å². The monoisotopic (exact) mass is 309 g/mol. The van der Waals surface area contributed by atoms with Gasteiger partial charge in [-0.05, 0) is 36.4 Å². The Balaban J connectivity index is 2.63. The molecule has 0 radical (unpaired) electrons. The number of halogens is 1. The molecule has 1 heterocycles. The molecule has 0 spiro atoms. The molecule has 0 saturated heterocycles. The summed E-state index contributed by atoms with van der Waals surface area (Å²) in [5.74, 6) is 0.440. The van der Waals surface area contributed by atoms with Crippen LogP contribution in [-0.2, 0) is 4.79 Å². The fraction of sp³-hybridized carbons (Fsp3) is 0.267. The van der Waals surface area contributed by atoms with E-state index in [9.17, 15) is 4.79 Å². The second kappa shape index (κ2) is 6.29. The lowest BCUT2D eigenvalue weighted by Gasteiger charge is -2.25. The maximum Gasteiger partial charge on any atom is 0.247 e. The second-order valence-corrected chi connectivity index (χ2v) is 5.56. The van der Waals surface area contributed by atoms with Gasteiger partial charge in [0.25, 0.3) is 0 Å². The van der Waals surface area contributed by atoms with E-state index in [0.717, 1.165) is 21.8 Å². The lowest BCUT2D eigenvalue weighted by Crippen LogP contribution is -2.28. The summed E-state index contributed by atoms with van der Waals surface area (Å²) in [7, 11) is 1.60. The van der Waals surface area contributed by atoms with Crippen LogP contribution in [0.2, 0.25) is 0 Å². The van der Waals surface area contributed by atoms with Gasteiger partial charge >= 0.3 is 0 Å². The van der Waals surface area contributed by atoms with Crippen LogP contribution in [-0.4, -0.2) is 18.9 Å².